The van der Waals surface area contributed by atoms with Crippen molar-refractivity contribution in [3.63, 3.8) is 0 Å². The first-order valence-corrected chi connectivity index (χ1v) is 10.6. The Morgan fingerprint density at radius 1 is 1.14 bits per heavy atom. The van der Waals surface area contributed by atoms with Crippen LogP contribution in [0.1, 0.15) is 47.5 Å². The molecule has 4 unspecified atom stereocenters. The van der Waals surface area contributed by atoms with Gasteiger partial charge in [-0.25, -0.2) is 4.79 Å². The van der Waals surface area contributed by atoms with Gasteiger partial charge in [0, 0.05) is 33.9 Å². The third-order valence-corrected chi connectivity index (χ3v) is 5.20. The molecule has 1 N–H and O–H groups in total. The quantitative estimate of drug-likeness (QED) is 0.347. The fourth-order valence-electron chi connectivity index (χ4n) is 2.73. The maximum Gasteiger partial charge on any atom is 0.410 e. The van der Waals surface area contributed by atoms with Gasteiger partial charge in [-0.2, -0.15) is 0 Å². The first-order chi connectivity index (χ1) is 13.4. The average Bonchev–Trinajstić information content (AvgIpc) is 2.57. The van der Waals surface area contributed by atoms with Gasteiger partial charge >= 0.3 is 18.0 Å². The van der Waals surface area contributed by atoms with E-state index in [1.54, 1.807) is 7.05 Å². The topological polar surface area (TPSA) is 112 Å². The van der Waals surface area contributed by atoms with Crippen LogP contribution in [0.15, 0.2) is 0 Å². The number of thioether (sulfide) groups is 1. The monoisotopic (exact) mass is 435 g/mol. The number of ether oxygens (including phenoxy) is 4. The smallest absolute Gasteiger partial charge is 0.410 e. The summed E-state index contributed by atoms with van der Waals surface area (Å²) in [6.45, 7) is 8.18. The minimum absolute atomic E-state index is 0.250. The highest BCUT2D eigenvalue weighted by molar-refractivity contribution is 7.99. The standard InChI is InChI=1S/C19H33NO8S/c1-12(22)25-14-10-15(26-13(2)23)17(27-16(14)11-21)29-9-7-8-20(6)18(24)28-19(3,4)5/h14-17,21H,7-11H2,1-6H3. The molecule has 4 atom stereocenters. The molecule has 0 aromatic carbocycles. The molecule has 29 heavy (non-hydrogen) atoms. The summed E-state index contributed by atoms with van der Waals surface area (Å²) in [5.74, 6) is -0.320. The lowest BCUT2D eigenvalue weighted by Crippen LogP contribution is -2.50. The Balaban J connectivity index is 2.57. The molecule has 10 heteroatoms. The highest BCUT2D eigenvalue weighted by Crippen LogP contribution is 2.32. The van der Waals surface area contributed by atoms with Crippen molar-refractivity contribution in [1.29, 1.82) is 0 Å². The van der Waals surface area contributed by atoms with E-state index in [-0.39, 0.29) is 13.0 Å². The van der Waals surface area contributed by atoms with E-state index < -0.39 is 47.4 Å². The molecular weight excluding hydrogens is 402 g/mol. The molecule has 9 nitrogen and oxygen atoms in total. The van der Waals surface area contributed by atoms with Crippen LogP contribution in [0.5, 0.6) is 0 Å². The van der Waals surface area contributed by atoms with Crippen molar-refractivity contribution in [2.75, 3.05) is 26.0 Å². The van der Waals surface area contributed by atoms with Gasteiger partial charge in [0.2, 0.25) is 0 Å². The predicted molar refractivity (Wildman–Crippen MR) is 107 cm³/mol. The van der Waals surface area contributed by atoms with Gasteiger partial charge in [0.25, 0.3) is 0 Å². The lowest BCUT2D eigenvalue weighted by atomic mass is 10.0. The molecule has 0 radical (unpaired) electrons. The van der Waals surface area contributed by atoms with Crippen molar-refractivity contribution in [1.82, 2.24) is 4.90 Å². The molecule has 1 fully saturated rings. The first-order valence-electron chi connectivity index (χ1n) is 9.59. The summed E-state index contributed by atoms with van der Waals surface area (Å²) < 4.78 is 21.7. The van der Waals surface area contributed by atoms with E-state index in [0.717, 1.165) is 0 Å². The highest BCUT2D eigenvalue weighted by Gasteiger charge is 2.41. The van der Waals surface area contributed by atoms with Crippen LogP contribution in [0, 0.1) is 0 Å². The molecule has 1 saturated heterocycles. The zero-order chi connectivity index (χ0) is 22.2. The van der Waals surface area contributed by atoms with Crippen LogP contribution in [0.25, 0.3) is 0 Å². The number of amides is 1. The van der Waals surface area contributed by atoms with Crippen LogP contribution in [0.4, 0.5) is 4.79 Å². The molecule has 0 saturated carbocycles. The van der Waals surface area contributed by atoms with Gasteiger partial charge in [0.05, 0.1) is 6.61 Å². The molecule has 1 amide bonds. The summed E-state index contributed by atoms with van der Waals surface area (Å²) in [5, 5.41) is 9.57. The summed E-state index contributed by atoms with van der Waals surface area (Å²) in [5.41, 5.74) is -1.06. The van der Waals surface area contributed by atoms with Gasteiger partial charge in [0.15, 0.2) is 0 Å². The van der Waals surface area contributed by atoms with E-state index in [1.807, 2.05) is 20.8 Å². The first kappa shape index (κ1) is 25.5. The Bertz CT molecular complexity index is 565. The highest BCUT2D eigenvalue weighted by atomic mass is 32.2. The number of carbonyl (C=O) groups excluding carboxylic acids is 3. The molecule has 0 spiro atoms. The molecule has 0 aromatic rings. The zero-order valence-electron chi connectivity index (χ0n) is 18.0. The molecule has 0 bridgehead atoms. The molecule has 1 aliphatic rings. The molecular formula is C19H33NO8S. The maximum absolute atomic E-state index is 12.0. The van der Waals surface area contributed by atoms with Crippen molar-refractivity contribution < 1.29 is 38.4 Å². The lowest BCUT2D eigenvalue weighted by Gasteiger charge is -2.39. The Labute approximate surface area is 176 Å². The zero-order valence-corrected chi connectivity index (χ0v) is 18.8. The van der Waals surface area contributed by atoms with E-state index in [0.29, 0.717) is 18.7 Å². The van der Waals surface area contributed by atoms with Gasteiger partial charge < -0.3 is 29.0 Å². The predicted octanol–water partition coefficient (Wildman–Crippen LogP) is 1.95. The van der Waals surface area contributed by atoms with Gasteiger partial charge in [-0.05, 0) is 32.9 Å². The molecule has 0 aliphatic carbocycles. The second-order valence-electron chi connectivity index (χ2n) is 7.88. The number of aliphatic hydroxyl groups is 1. The van der Waals surface area contributed by atoms with Crippen molar-refractivity contribution in [2.24, 2.45) is 0 Å². The maximum atomic E-state index is 12.0. The van der Waals surface area contributed by atoms with Crippen molar-refractivity contribution in [2.45, 2.75) is 76.8 Å². The van der Waals surface area contributed by atoms with E-state index >= 15 is 0 Å². The fraction of sp³-hybridized carbons (Fsp3) is 0.842. The summed E-state index contributed by atoms with van der Waals surface area (Å²) in [7, 11) is 1.67. The third-order valence-electron chi connectivity index (χ3n) is 3.93. The van der Waals surface area contributed by atoms with Gasteiger partial charge in [-0.15, -0.1) is 11.8 Å². The number of hydrogen-bond acceptors (Lipinski definition) is 9. The van der Waals surface area contributed by atoms with Crippen molar-refractivity contribution in [3.8, 4) is 0 Å². The second-order valence-corrected chi connectivity index (χ2v) is 9.09. The van der Waals surface area contributed by atoms with Gasteiger partial charge in [-0.3, -0.25) is 9.59 Å². The third kappa shape index (κ3) is 9.68. The molecule has 1 heterocycles. The van der Waals surface area contributed by atoms with Crippen LogP contribution in [-0.4, -0.2) is 83.3 Å². The summed E-state index contributed by atoms with van der Waals surface area (Å²) in [6.07, 6.45) is -1.44. The van der Waals surface area contributed by atoms with Crippen LogP contribution in [0.3, 0.4) is 0 Å². The number of hydrogen-bond donors (Lipinski definition) is 1. The van der Waals surface area contributed by atoms with Crippen LogP contribution >= 0.6 is 11.8 Å². The van der Waals surface area contributed by atoms with E-state index in [1.165, 1.54) is 30.5 Å². The Kier molecular flexibility index (Phi) is 10.2. The van der Waals surface area contributed by atoms with E-state index in [9.17, 15) is 19.5 Å². The Morgan fingerprint density at radius 3 is 2.24 bits per heavy atom. The second kappa shape index (κ2) is 11.6. The fourth-order valence-corrected chi connectivity index (χ4v) is 3.86. The molecule has 1 aliphatic heterocycles. The number of rotatable bonds is 8. The average molecular weight is 436 g/mol. The Hall–Kier alpha value is -1.52. The van der Waals surface area contributed by atoms with Crippen LogP contribution in [-0.2, 0) is 28.5 Å². The summed E-state index contributed by atoms with van der Waals surface area (Å²) in [6, 6.07) is 0. The number of aliphatic hydroxyl groups excluding tert-OH is 1. The minimum atomic E-state index is -0.687. The van der Waals surface area contributed by atoms with Crippen LogP contribution in [0.2, 0.25) is 0 Å². The SMILES string of the molecule is CC(=O)OC1CC(OC(C)=O)C(SCCCN(C)C(=O)OC(C)(C)C)OC1CO. The van der Waals surface area contributed by atoms with E-state index in [2.05, 4.69) is 0 Å². The van der Waals surface area contributed by atoms with Gasteiger partial charge in [0.1, 0.15) is 29.3 Å². The number of esters is 2. The van der Waals surface area contributed by atoms with Gasteiger partial charge in [-0.1, -0.05) is 0 Å². The number of carbonyl (C=O) groups is 3. The minimum Gasteiger partial charge on any atom is -0.460 e. The van der Waals surface area contributed by atoms with Crippen molar-refractivity contribution >= 4 is 29.8 Å². The van der Waals surface area contributed by atoms with Crippen molar-refractivity contribution in [3.05, 3.63) is 0 Å². The largest absolute Gasteiger partial charge is 0.460 e. The molecule has 0 aromatic heterocycles. The molecule has 168 valence electrons. The summed E-state index contributed by atoms with van der Waals surface area (Å²) in [4.78, 5) is 36.2. The normalized spacial score (nSPS) is 24.5. The number of nitrogens with zero attached hydrogens (tertiary/aromatic N) is 1. The summed E-state index contributed by atoms with van der Waals surface area (Å²) >= 11 is 1.42. The Morgan fingerprint density at radius 2 is 1.72 bits per heavy atom. The lowest BCUT2D eigenvalue weighted by molar-refractivity contribution is -0.192. The van der Waals surface area contributed by atoms with E-state index in [4.69, 9.17) is 18.9 Å². The van der Waals surface area contributed by atoms with Crippen LogP contribution < -0.4 is 0 Å². The molecule has 1 rings (SSSR count).